The lowest BCUT2D eigenvalue weighted by atomic mass is 9.88. The predicted octanol–water partition coefficient (Wildman–Crippen LogP) is 6.41. The first kappa shape index (κ1) is 18.6. The first-order chi connectivity index (χ1) is 14.7. The molecule has 154 valence electrons. The van der Waals surface area contributed by atoms with Gasteiger partial charge in [0.25, 0.3) is 6.33 Å². The zero-order valence-corrected chi connectivity index (χ0v) is 19.2. The lowest BCUT2D eigenvalue weighted by Gasteiger charge is -2.18. The summed E-state index contributed by atoms with van der Waals surface area (Å²) in [6.45, 7) is 11.4. The molecule has 0 unspecified atom stereocenters. The Morgan fingerprint density at radius 3 is 2.55 bits per heavy atom. The Morgan fingerprint density at radius 1 is 0.968 bits per heavy atom. The van der Waals surface area contributed by atoms with Gasteiger partial charge in [0, 0.05) is 10.8 Å². The summed E-state index contributed by atoms with van der Waals surface area (Å²) in [5.74, 6) is 0. The van der Waals surface area contributed by atoms with Crippen molar-refractivity contribution in [3.05, 3.63) is 65.5 Å². The van der Waals surface area contributed by atoms with Gasteiger partial charge in [-0.3, -0.25) is 0 Å². The summed E-state index contributed by atoms with van der Waals surface area (Å²) in [7, 11) is 2.12. The van der Waals surface area contributed by atoms with Crippen LogP contribution in [0.1, 0.15) is 37.5 Å². The Labute approximate surface area is 182 Å². The smallest absolute Gasteiger partial charge is 0.287 e. The van der Waals surface area contributed by atoms with E-state index < -0.39 is 0 Å². The molecule has 6 aromatic rings. The molecule has 0 spiro atoms. The van der Waals surface area contributed by atoms with Crippen LogP contribution in [-0.2, 0) is 13.5 Å². The Balaban J connectivity index is 1.94. The largest absolute Gasteiger partial charge is 0.302 e. The topological polar surface area (TPSA) is 21.2 Å². The number of hydrogen-bond acceptors (Lipinski definition) is 1. The third-order valence-electron chi connectivity index (χ3n) is 6.82. The normalized spacial score (nSPS) is 13.0. The van der Waals surface area contributed by atoms with Crippen molar-refractivity contribution in [3.63, 3.8) is 0 Å². The Morgan fingerprint density at radius 2 is 1.77 bits per heavy atom. The van der Waals surface area contributed by atoms with Crippen molar-refractivity contribution in [1.29, 1.82) is 0 Å². The van der Waals surface area contributed by atoms with Crippen molar-refractivity contribution in [2.75, 3.05) is 0 Å². The summed E-state index contributed by atoms with van der Waals surface area (Å²) in [5.41, 5.74) is 10.4. The van der Waals surface area contributed by atoms with Gasteiger partial charge in [-0.25, -0.2) is 4.57 Å². The van der Waals surface area contributed by atoms with Gasteiger partial charge in [-0.2, -0.15) is 0 Å². The van der Waals surface area contributed by atoms with Crippen LogP contribution in [0.15, 0.2) is 48.8 Å². The molecule has 3 heteroatoms. The summed E-state index contributed by atoms with van der Waals surface area (Å²) >= 11 is 0. The highest BCUT2D eigenvalue weighted by atomic mass is 15.0. The van der Waals surface area contributed by atoms with Crippen LogP contribution < -0.4 is 4.57 Å². The fourth-order valence-corrected chi connectivity index (χ4v) is 5.46. The Kier molecular flexibility index (Phi) is 3.56. The standard InChI is InChI=1S/C28H28N3/c1-16-12-19-8-7-9-21-24(19)23(17(16)2)26-27-25(29-15-30(26)6)20-11-10-18(14-28(3,4)5)13-22(20)31(21)27/h7-13,15H,14H2,1-6H3/q+1. The van der Waals surface area contributed by atoms with Crippen LogP contribution in [-0.4, -0.2) is 9.38 Å². The van der Waals surface area contributed by atoms with E-state index >= 15 is 0 Å². The molecule has 3 aromatic heterocycles. The molecule has 0 aliphatic carbocycles. The van der Waals surface area contributed by atoms with Gasteiger partial charge in [-0.1, -0.05) is 45.0 Å². The Bertz CT molecular complexity index is 1660. The van der Waals surface area contributed by atoms with Crippen molar-refractivity contribution in [2.45, 2.75) is 41.0 Å². The van der Waals surface area contributed by atoms with Crippen molar-refractivity contribution in [2.24, 2.45) is 12.5 Å². The van der Waals surface area contributed by atoms with Gasteiger partial charge >= 0.3 is 0 Å². The van der Waals surface area contributed by atoms with Crippen LogP contribution in [0.2, 0.25) is 0 Å². The molecule has 0 amide bonds. The van der Waals surface area contributed by atoms with E-state index in [1.165, 1.54) is 60.3 Å². The van der Waals surface area contributed by atoms with Crippen molar-refractivity contribution >= 4 is 49.1 Å². The van der Waals surface area contributed by atoms with Crippen molar-refractivity contribution in [3.8, 4) is 0 Å². The van der Waals surface area contributed by atoms with E-state index in [0.717, 1.165) is 11.9 Å². The molecule has 0 atom stereocenters. The number of fused-ring (bicyclic) bond motifs is 5. The van der Waals surface area contributed by atoms with E-state index in [2.05, 4.69) is 93.1 Å². The maximum Gasteiger partial charge on any atom is 0.287 e. The monoisotopic (exact) mass is 406 g/mol. The summed E-state index contributed by atoms with van der Waals surface area (Å²) in [6.07, 6.45) is 3.03. The first-order valence-corrected chi connectivity index (χ1v) is 11.1. The van der Waals surface area contributed by atoms with Gasteiger partial charge < -0.3 is 4.40 Å². The van der Waals surface area contributed by atoms with Crippen LogP contribution in [0.5, 0.6) is 0 Å². The fourth-order valence-electron chi connectivity index (χ4n) is 5.46. The highest BCUT2D eigenvalue weighted by Gasteiger charge is 2.26. The molecule has 0 fully saturated rings. The average molecular weight is 407 g/mol. The van der Waals surface area contributed by atoms with Crippen LogP contribution in [0.3, 0.4) is 0 Å². The maximum absolute atomic E-state index is 4.91. The second-order valence-corrected chi connectivity index (χ2v) is 10.4. The van der Waals surface area contributed by atoms with Gasteiger partial charge in [-0.05, 0) is 70.9 Å². The van der Waals surface area contributed by atoms with Crippen LogP contribution in [0.25, 0.3) is 49.1 Å². The SMILES string of the molecule is Cc1cc2cccc3c2c(c1C)c1c2c(nc[n+]1C)c1ccc(CC(C)(C)C)cc1n32. The maximum atomic E-state index is 4.91. The molecule has 31 heavy (non-hydrogen) atoms. The molecule has 0 radical (unpaired) electrons. The van der Waals surface area contributed by atoms with E-state index in [9.17, 15) is 0 Å². The highest BCUT2D eigenvalue weighted by Crippen LogP contribution is 2.40. The minimum absolute atomic E-state index is 0.249. The molecule has 3 nitrogen and oxygen atoms in total. The lowest BCUT2D eigenvalue weighted by molar-refractivity contribution is -0.647. The molecule has 0 saturated heterocycles. The van der Waals surface area contributed by atoms with E-state index in [-0.39, 0.29) is 5.41 Å². The van der Waals surface area contributed by atoms with Crippen LogP contribution in [0.4, 0.5) is 0 Å². The van der Waals surface area contributed by atoms with E-state index in [1.54, 1.807) is 0 Å². The summed E-state index contributed by atoms with van der Waals surface area (Å²) in [5, 5.41) is 5.23. The third-order valence-corrected chi connectivity index (χ3v) is 6.82. The quantitative estimate of drug-likeness (QED) is 0.175. The number of benzene rings is 3. The minimum Gasteiger partial charge on any atom is -0.302 e. The molecule has 3 heterocycles. The molecule has 0 N–H and O–H groups in total. The van der Waals surface area contributed by atoms with Gasteiger partial charge in [0.05, 0.1) is 23.5 Å². The fraction of sp³-hybridized carbons (Fsp3) is 0.286. The average Bonchev–Trinajstić information content (AvgIpc) is 3.02. The third kappa shape index (κ3) is 2.46. The van der Waals surface area contributed by atoms with Crippen LogP contribution >= 0.6 is 0 Å². The Hall–Kier alpha value is -3.20. The van der Waals surface area contributed by atoms with Crippen LogP contribution in [0, 0.1) is 19.3 Å². The highest BCUT2D eigenvalue weighted by molar-refractivity contribution is 6.25. The van der Waals surface area contributed by atoms with Gasteiger partial charge in [0.2, 0.25) is 5.52 Å². The zero-order chi connectivity index (χ0) is 21.7. The number of pyridine rings is 1. The molecule has 6 rings (SSSR count). The molecule has 0 saturated carbocycles. The number of rotatable bonds is 1. The van der Waals surface area contributed by atoms with Gasteiger partial charge in [0.1, 0.15) is 5.52 Å². The number of hydrogen-bond donors (Lipinski definition) is 0. The molecule has 0 bridgehead atoms. The zero-order valence-electron chi connectivity index (χ0n) is 19.2. The number of nitrogens with zero attached hydrogens (tertiary/aromatic N) is 3. The van der Waals surface area contributed by atoms with Crippen molar-refractivity contribution in [1.82, 2.24) is 9.38 Å². The number of aryl methyl sites for hydroxylation is 3. The minimum atomic E-state index is 0.249. The van der Waals surface area contributed by atoms with Crippen molar-refractivity contribution < 1.29 is 4.57 Å². The summed E-state index contributed by atoms with van der Waals surface area (Å²) < 4.78 is 4.66. The molecule has 3 aromatic carbocycles. The first-order valence-electron chi connectivity index (χ1n) is 11.1. The van der Waals surface area contributed by atoms with E-state index in [4.69, 9.17) is 4.98 Å². The van der Waals surface area contributed by atoms with E-state index in [1.807, 2.05) is 6.33 Å². The second kappa shape index (κ2) is 5.94. The van der Waals surface area contributed by atoms with Gasteiger partial charge in [-0.15, -0.1) is 0 Å². The number of aromatic nitrogens is 3. The van der Waals surface area contributed by atoms with E-state index in [0.29, 0.717) is 0 Å². The molecule has 0 aliphatic heterocycles. The second-order valence-electron chi connectivity index (χ2n) is 10.4. The summed E-state index contributed by atoms with van der Waals surface area (Å²) in [6, 6.07) is 16.0. The predicted molar refractivity (Wildman–Crippen MR) is 130 cm³/mol. The molecular weight excluding hydrogens is 378 g/mol. The molecular formula is C28H28N3+. The molecule has 0 aliphatic rings. The summed E-state index contributed by atoms with van der Waals surface area (Å²) in [4.78, 5) is 4.91. The lowest BCUT2D eigenvalue weighted by Crippen LogP contribution is -2.30. The van der Waals surface area contributed by atoms with Gasteiger partial charge in [0.15, 0.2) is 5.52 Å².